The number of piperidine rings is 1. The first-order valence-electron chi connectivity index (χ1n) is 12.4. The maximum absolute atomic E-state index is 6.29. The molecule has 0 saturated carbocycles. The van der Waals surface area contributed by atoms with E-state index in [9.17, 15) is 0 Å². The van der Waals surface area contributed by atoms with E-state index >= 15 is 0 Å². The van der Waals surface area contributed by atoms with E-state index in [2.05, 4.69) is 30.3 Å². The highest BCUT2D eigenvalue weighted by molar-refractivity contribution is 6.35. The number of anilines is 3. The minimum Gasteiger partial charge on any atom is -0.488 e. The Morgan fingerprint density at radius 2 is 1.65 bits per heavy atom. The molecule has 1 aromatic heterocycles. The van der Waals surface area contributed by atoms with Crippen molar-refractivity contribution in [3.05, 3.63) is 63.6 Å². The van der Waals surface area contributed by atoms with Gasteiger partial charge in [0.1, 0.15) is 12.4 Å². The summed E-state index contributed by atoms with van der Waals surface area (Å²) < 4.78 is 11.5. The molecule has 1 N–H and O–H groups in total. The summed E-state index contributed by atoms with van der Waals surface area (Å²) in [4.78, 5) is 18.4. The highest BCUT2D eigenvalue weighted by Gasteiger charge is 2.20. The van der Waals surface area contributed by atoms with Crippen molar-refractivity contribution in [1.82, 2.24) is 15.0 Å². The fourth-order valence-electron chi connectivity index (χ4n) is 4.22. The molecule has 2 saturated heterocycles. The number of ether oxygens (including phenoxy) is 2. The minimum atomic E-state index is 0.309. The van der Waals surface area contributed by atoms with Crippen molar-refractivity contribution in [2.75, 3.05) is 54.6 Å². The van der Waals surface area contributed by atoms with Gasteiger partial charge >= 0.3 is 0 Å². The molecule has 2 fully saturated rings. The predicted octanol–water partition coefficient (Wildman–Crippen LogP) is 5.03. The lowest BCUT2D eigenvalue weighted by molar-refractivity contribution is 0.122. The van der Waals surface area contributed by atoms with Gasteiger partial charge in [0.2, 0.25) is 17.8 Å². The summed E-state index contributed by atoms with van der Waals surface area (Å²) in [6.07, 6.45) is 5.20. The summed E-state index contributed by atoms with van der Waals surface area (Å²) in [5.74, 6) is 2.40. The highest BCUT2D eigenvalue weighted by Crippen LogP contribution is 2.24. The third kappa shape index (κ3) is 6.80. The number of hydrogen-bond donors (Lipinski definition) is 1. The molecule has 5 rings (SSSR count). The van der Waals surface area contributed by atoms with Gasteiger partial charge in [-0.3, -0.25) is 0 Å². The largest absolute Gasteiger partial charge is 0.488 e. The van der Waals surface area contributed by atoms with Crippen LogP contribution in [0.4, 0.5) is 17.8 Å². The van der Waals surface area contributed by atoms with Gasteiger partial charge in [0, 0.05) is 47.4 Å². The van der Waals surface area contributed by atoms with Crippen LogP contribution in [0.5, 0.6) is 5.75 Å². The SMILES string of the molecule is Clc1ccc(COc2ccccc2/C=N\Nc2nc(N3CCCCC3)nc(N3CCOCC3)n2)c(Cl)c1. The van der Waals surface area contributed by atoms with Gasteiger partial charge in [-0.1, -0.05) is 41.4 Å². The molecule has 3 aromatic rings. The zero-order chi connectivity index (χ0) is 25.5. The first-order valence-corrected chi connectivity index (χ1v) is 13.2. The Morgan fingerprint density at radius 3 is 2.41 bits per heavy atom. The fraction of sp³-hybridized carbons (Fsp3) is 0.385. The van der Waals surface area contributed by atoms with Crippen LogP contribution in [0.3, 0.4) is 0 Å². The Kier molecular flexibility index (Phi) is 8.55. The number of halogens is 2. The van der Waals surface area contributed by atoms with E-state index in [1.54, 1.807) is 18.3 Å². The van der Waals surface area contributed by atoms with Crippen LogP contribution in [0.1, 0.15) is 30.4 Å². The van der Waals surface area contributed by atoms with Gasteiger partial charge in [0.15, 0.2) is 0 Å². The van der Waals surface area contributed by atoms with Crippen molar-refractivity contribution in [2.45, 2.75) is 25.9 Å². The monoisotopic (exact) mass is 541 g/mol. The van der Waals surface area contributed by atoms with E-state index in [4.69, 9.17) is 37.7 Å². The lowest BCUT2D eigenvalue weighted by atomic mass is 10.1. The zero-order valence-corrected chi connectivity index (χ0v) is 22.0. The Balaban J connectivity index is 1.31. The van der Waals surface area contributed by atoms with E-state index in [0.717, 1.165) is 50.1 Å². The second-order valence-electron chi connectivity index (χ2n) is 8.84. The third-order valence-electron chi connectivity index (χ3n) is 6.23. The Morgan fingerprint density at radius 1 is 0.919 bits per heavy atom. The van der Waals surface area contributed by atoms with Crippen molar-refractivity contribution in [2.24, 2.45) is 5.10 Å². The molecule has 0 amide bonds. The molecule has 3 heterocycles. The number of benzene rings is 2. The topological polar surface area (TPSA) is 88.0 Å². The number of hydrazone groups is 1. The molecule has 194 valence electrons. The van der Waals surface area contributed by atoms with Crippen LogP contribution in [0, 0.1) is 0 Å². The zero-order valence-electron chi connectivity index (χ0n) is 20.4. The number of para-hydroxylation sites is 1. The summed E-state index contributed by atoms with van der Waals surface area (Å²) >= 11 is 12.3. The average Bonchev–Trinajstić information content (AvgIpc) is 2.94. The molecule has 2 aliphatic heterocycles. The van der Waals surface area contributed by atoms with Gasteiger partial charge < -0.3 is 19.3 Å². The number of nitrogens with zero attached hydrogens (tertiary/aromatic N) is 6. The predicted molar refractivity (Wildman–Crippen MR) is 147 cm³/mol. The Labute approximate surface area is 226 Å². The van der Waals surface area contributed by atoms with Crippen LogP contribution in [-0.4, -0.2) is 60.6 Å². The molecule has 0 unspecified atom stereocenters. The van der Waals surface area contributed by atoms with Crippen molar-refractivity contribution in [3.8, 4) is 5.75 Å². The number of nitrogens with one attached hydrogen (secondary N) is 1. The summed E-state index contributed by atoms with van der Waals surface area (Å²) in [6, 6.07) is 13.0. The first kappa shape index (κ1) is 25.5. The summed E-state index contributed by atoms with van der Waals surface area (Å²) in [5.41, 5.74) is 4.65. The molecule has 0 bridgehead atoms. The molecule has 2 aromatic carbocycles. The highest BCUT2D eigenvalue weighted by atomic mass is 35.5. The van der Waals surface area contributed by atoms with E-state index in [-0.39, 0.29) is 0 Å². The van der Waals surface area contributed by atoms with E-state index in [1.165, 1.54) is 6.42 Å². The van der Waals surface area contributed by atoms with Gasteiger partial charge in [0.05, 0.1) is 19.4 Å². The van der Waals surface area contributed by atoms with Crippen LogP contribution in [0.2, 0.25) is 10.0 Å². The second kappa shape index (κ2) is 12.4. The van der Waals surface area contributed by atoms with Crippen LogP contribution in [-0.2, 0) is 11.3 Å². The van der Waals surface area contributed by atoms with Crippen LogP contribution < -0.4 is 20.0 Å². The molecular formula is C26H29Cl2N7O2. The Hall–Kier alpha value is -3.14. The molecule has 37 heavy (non-hydrogen) atoms. The lowest BCUT2D eigenvalue weighted by Gasteiger charge is -2.30. The quantitative estimate of drug-likeness (QED) is 0.313. The van der Waals surface area contributed by atoms with E-state index in [0.29, 0.717) is 53.5 Å². The average molecular weight is 542 g/mol. The standard InChI is InChI=1S/C26H29Cl2N7O2/c27-21-9-8-20(22(28)16-21)18-37-23-7-3-2-6-19(23)17-29-33-24-30-25(34-10-4-1-5-11-34)32-26(31-24)35-12-14-36-15-13-35/h2-3,6-9,16-17H,1,4-5,10-15,18H2,(H,30,31,32,33)/b29-17-. The normalized spacial score (nSPS) is 16.3. The number of morpholine rings is 1. The van der Waals surface area contributed by atoms with Crippen molar-refractivity contribution in [1.29, 1.82) is 0 Å². The third-order valence-corrected chi connectivity index (χ3v) is 6.82. The van der Waals surface area contributed by atoms with Crippen molar-refractivity contribution in [3.63, 3.8) is 0 Å². The smallest absolute Gasteiger partial charge is 0.250 e. The van der Waals surface area contributed by atoms with Gasteiger partial charge in [-0.05, 0) is 43.5 Å². The summed E-state index contributed by atoms with van der Waals surface area (Å²) in [6.45, 7) is 5.00. The number of hydrogen-bond acceptors (Lipinski definition) is 9. The summed E-state index contributed by atoms with van der Waals surface area (Å²) in [5, 5.41) is 5.57. The van der Waals surface area contributed by atoms with Gasteiger partial charge in [0.25, 0.3) is 0 Å². The second-order valence-corrected chi connectivity index (χ2v) is 9.68. The molecular weight excluding hydrogens is 513 g/mol. The molecule has 9 nitrogen and oxygen atoms in total. The number of aromatic nitrogens is 3. The summed E-state index contributed by atoms with van der Waals surface area (Å²) in [7, 11) is 0. The number of rotatable bonds is 8. The molecule has 0 radical (unpaired) electrons. The molecule has 0 aliphatic carbocycles. The van der Waals surface area contributed by atoms with Gasteiger partial charge in [-0.25, -0.2) is 5.43 Å². The maximum atomic E-state index is 6.29. The van der Waals surface area contributed by atoms with Gasteiger partial charge in [-0.2, -0.15) is 20.1 Å². The fourth-order valence-corrected chi connectivity index (χ4v) is 4.68. The lowest BCUT2D eigenvalue weighted by Crippen LogP contribution is -2.38. The molecule has 0 atom stereocenters. The first-order chi connectivity index (χ1) is 18.2. The van der Waals surface area contributed by atoms with Crippen molar-refractivity contribution >= 4 is 47.3 Å². The van der Waals surface area contributed by atoms with Gasteiger partial charge in [-0.15, -0.1) is 0 Å². The molecule has 11 heteroatoms. The maximum Gasteiger partial charge on any atom is 0.250 e. The van der Waals surface area contributed by atoms with Crippen LogP contribution in [0.15, 0.2) is 47.6 Å². The minimum absolute atomic E-state index is 0.309. The van der Waals surface area contributed by atoms with E-state index < -0.39 is 0 Å². The van der Waals surface area contributed by atoms with Crippen LogP contribution in [0.25, 0.3) is 0 Å². The van der Waals surface area contributed by atoms with Crippen molar-refractivity contribution < 1.29 is 9.47 Å². The molecule has 0 spiro atoms. The molecule has 2 aliphatic rings. The Bertz CT molecular complexity index is 1200. The van der Waals surface area contributed by atoms with Crippen LogP contribution >= 0.6 is 23.2 Å². The van der Waals surface area contributed by atoms with E-state index in [1.807, 2.05) is 30.3 Å².